The Morgan fingerprint density at radius 2 is 1.94 bits per heavy atom. The number of ether oxygens (including phenoxy) is 1. The Morgan fingerprint density at radius 3 is 2.59 bits per heavy atom. The van der Waals surface area contributed by atoms with Crippen LogP contribution in [0.5, 0.6) is 0 Å². The van der Waals surface area contributed by atoms with E-state index in [2.05, 4.69) is 20.9 Å². The first-order valence-electron chi connectivity index (χ1n) is 5.33. The largest absolute Gasteiger partial charge is 0.461 e. The van der Waals surface area contributed by atoms with Gasteiger partial charge in [-0.1, -0.05) is 28.1 Å². The molecule has 0 saturated carbocycles. The molecule has 2 rings (SSSR count). The van der Waals surface area contributed by atoms with Crippen molar-refractivity contribution in [1.82, 2.24) is 4.98 Å². The SMILES string of the molecule is CCOC(=O)c1ccc(-c2ccc(Br)cc2)[nH]1. The predicted molar refractivity (Wildman–Crippen MR) is 69.9 cm³/mol. The van der Waals surface area contributed by atoms with E-state index >= 15 is 0 Å². The summed E-state index contributed by atoms with van der Waals surface area (Å²) in [6.07, 6.45) is 0. The summed E-state index contributed by atoms with van der Waals surface area (Å²) in [5.41, 5.74) is 2.41. The third kappa shape index (κ3) is 2.77. The number of benzene rings is 1. The van der Waals surface area contributed by atoms with Gasteiger partial charge in [0.25, 0.3) is 0 Å². The van der Waals surface area contributed by atoms with Crippen LogP contribution in [0.4, 0.5) is 0 Å². The zero-order valence-electron chi connectivity index (χ0n) is 9.37. The van der Waals surface area contributed by atoms with Crippen molar-refractivity contribution in [2.24, 2.45) is 0 Å². The van der Waals surface area contributed by atoms with Crippen LogP contribution in [-0.4, -0.2) is 17.6 Å². The number of esters is 1. The minimum Gasteiger partial charge on any atom is -0.461 e. The number of aromatic amines is 1. The Hall–Kier alpha value is -1.55. The monoisotopic (exact) mass is 293 g/mol. The molecule has 1 aromatic carbocycles. The maximum atomic E-state index is 11.5. The van der Waals surface area contributed by atoms with Crippen LogP contribution in [0.1, 0.15) is 17.4 Å². The molecule has 0 aliphatic heterocycles. The number of halogens is 1. The van der Waals surface area contributed by atoms with Crippen LogP contribution in [0.15, 0.2) is 40.9 Å². The molecule has 0 radical (unpaired) electrons. The van der Waals surface area contributed by atoms with Crippen LogP contribution in [0.2, 0.25) is 0 Å². The third-order valence-electron chi connectivity index (χ3n) is 2.34. The maximum absolute atomic E-state index is 11.5. The van der Waals surface area contributed by atoms with Crippen LogP contribution in [-0.2, 0) is 4.74 Å². The first-order chi connectivity index (χ1) is 8.20. The molecule has 88 valence electrons. The second-order valence-corrected chi connectivity index (χ2v) is 4.43. The fraction of sp³-hybridized carbons (Fsp3) is 0.154. The highest BCUT2D eigenvalue weighted by Crippen LogP contribution is 2.21. The lowest BCUT2D eigenvalue weighted by molar-refractivity contribution is 0.0520. The fourth-order valence-corrected chi connectivity index (χ4v) is 1.79. The molecular weight excluding hydrogens is 282 g/mol. The number of H-pyrrole nitrogens is 1. The molecular formula is C13H12BrNO2. The number of carbonyl (C=O) groups excluding carboxylic acids is 1. The standard InChI is InChI=1S/C13H12BrNO2/c1-2-17-13(16)12-8-7-11(15-12)9-3-5-10(14)6-4-9/h3-8,15H,2H2,1H3. The fourth-order valence-electron chi connectivity index (χ4n) is 1.52. The van der Waals surface area contributed by atoms with Gasteiger partial charge in [-0.3, -0.25) is 0 Å². The highest BCUT2D eigenvalue weighted by molar-refractivity contribution is 9.10. The van der Waals surface area contributed by atoms with Gasteiger partial charge < -0.3 is 9.72 Å². The van der Waals surface area contributed by atoms with E-state index in [4.69, 9.17) is 4.74 Å². The highest BCUT2D eigenvalue weighted by Gasteiger charge is 2.09. The average Bonchev–Trinajstić information content (AvgIpc) is 2.80. The van der Waals surface area contributed by atoms with Gasteiger partial charge in [0, 0.05) is 10.2 Å². The smallest absolute Gasteiger partial charge is 0.354 e. The van der Waals surface area contributed by atoms with Crippen LogP contribution in [0, 0.1) is 0 Å². The van der Waals surface area contributed by atoms with E-state index < -0.39 is 0 Å². The molecule has 0 aliphatic carbocycles. The van der Waals surface area contributed by atoms with Gasteiger partial charge in [0.1, 0.15) is 5.69 Å². The molecule has 0 atom stereocenters. The quantitative estimate of drug-likeness (QED) is 0.878. The Bertz CT molecular complexity index is 516. The normalized spacial score (nSPS) is 10.2. The molecule has 1 N–H and O–H groups in total. The minimum atomic E-state index is -0.323. The van der Waals surface area contributed by atoms with Crippen molar-refractivity contribution in [1.29, 1.82) is 0 Å². The summed E-state index contributed by atoms with van der Waals surface area (Å²) in [7, 11) is 0. The van der Waals surface area contributed by atoms with Crippen LogP contribution in [0.25, 0.3) is 11.3 Å². The van der Waals surface area contributed by atoms with Crippen molar-refractivity contribution in [3.8, 4) is 11.3 Å². The van der Waals surface area contributed by atoms with Gasteiger partial charge in [0.05, 0.1) is 6.61 Å². The minimum absolute atomic E-state index is 0.323. The first kappa shape index (κ1) is 11.9. The summed E-state index contributed by atoms with van der Waals surface area (Å²) < 4.78 is 5.94. The Labute approximate surface area is 108 Å². The van der Waals surface area contributed by atoms with Crippen molar-refractivity contribution in [2.75, 3.05) is 6.61 Å². The summed E-state index contributed by atoms with van der Waals surface area (Å²) in [6, 6.07) is 11.5. The summed E-state index contributed by atoms with van der Waals surface area (Å²) in [4.78, 5) is 14.5. The summed E-state index contributed by atoms with van der Waals surface area (Å²) in [6.45, 7) is 2.17. The van der Waals surface area contributed by atoms with Gasteiger partial charge in [-0.15, -0.1) is 0 Å². The summed E-state index contributed by atoms with van der Waals surface area (Å²) in [5.74, 6) is -0.323. The molecule has 1 aromatic heterocycles. The predicted octanol–water partition coefficient (Wildman–Crippen LogP) is 3.62. The van der Waals surface area contributed by atoms with Gasteiger partial charge in [0.15, 0.2) is 0 Å². The molecule has 0 amide bonds. The highest BCUT2D eigenvalue weighted by atomic mass is 79.9. The second kappa shape index (κ2) is 5.19. The van der Waals surface area contributed by atoms with Gasteiger partial charge in [-0.05, 0) is 36.8 Å². The molecule has 3 nitrogen and oxygen atoms in total. The van der Waals surface area contributed by atoms with Crippen molar-refractivity contribution in [2.45, 2.75) is 6.92 Å². The van der Waals surface area contributed by atoms with Crippen molar-refractivity contribution in [3.05, 3.63) is 46.6 Å². The van der Waals surface area contributed by atoms with Gasteiger partial charge in [0.2, 0.25) is 0 Å². The summed E-state index contributed by atoms with van der Waals surface area (Å²) >= 11 is 3.38. The molecule has 0 bridgehead atoms. The molecule has 0 saturated heterocycles. The van der Waals surface area contributed by atoms with E-state index in [1.807, 2.05) is 30.3 Å². The van der Waals surface area contributed by atoms with Gasteiger partial charge in [-0.25, -0.2) is 4.79 Å². The third-order valence-corrected chi connectivity index (χ3v) is 2.87. The molecule has 17 heavy (non-hydrogen) atoms. The summed E-state index contributed by atoms with van der Waals surface area (Å²) in [5, 5.41) is 0. The van der Waals surface area contributed by atoms with E-state index in [0.29, 0.717) is 12.3 Å². The van der Waals surface area contributed by atoms with Crippen LogP contribution >= 0.6 is 15.9 Å². The van der Waals surface area contributed by atoms with E-state index in [-0.39, 0.29) is 5.97 Å². The number of hydrogen-bond donors (Lipinski definition) is 1. The lowest BCUT2D eigenvalue weighted by atomic mass is 10.2. The van der Waals surface area contributed by atoms with Crippen LogP contribution < -0.4 is 0 Å². The number of hydrogen-bond acceptors (Lipinski definition) is 2. The van der Waals surface area contributed by atoms with Crippen molar-refractivity contribution in [3.63, 3.8) is 0 Å². The van der Waals surface area contributed by atoms with Crippen LogP contribution in [0.3, 0.4) is 0 Å². The zero-order chi connectivity index (χ0) is 12.3. The van der Waals surface area contributed by atoms with Crippen molar-refractivity contribution < 1.29 is 9.53 Å². The molecule has 0 aliphatic rings. The topological polar surface area (TPSA) is 42.1 Å². The number of nitrogens with one attached hydrogen (secondary N) is 1. The maximum Gasteiger partial charge on any atom is 0.354 e. The average molecular weight is 294 g/mol. The number of rotatable bonds is 3. The Kier molecular flexibility index (Phi) is 3.64. The van der Waals surface area contributed by atoms with Crippen molar-refractivity contribution >= 4 is 21.9 Å². The van der Waals surface area contributed by atoms with Gasteiger partial charge in [-0.2, -0.15) is 0 Å². The lowest BCUT2D eigenvalue weighted by Gasteiger charge is -2.00. The zero-order valence-corrected chi connectivity index (χ0v) is 11.0. The Morgan fingerprint density at radius 1 is 1.24 bits per heavy atom. The van der Waals surface area contributed by atoms with E-state index in [1.54, 1.807) is 13.0 Å². The van der Waals surface area contributed by atoms with E-state index in [9.17, 15) is 4.79 Å². The molecule has 0 fully saturated rings. The molecule has 2 aromatic rings. The second-order valence-electron chi connectivity index (χ2n) is 3.51. The molecule has 0 spiro atoms. The molecule has 4 heteroatoms. The van der Waals surface area contributed by atoms with Gasteiger partial charge >= 0.3 is 5.97 Å². The van der Waals surface area contributed by atoms with E-state index in [1.165, 1.54) is 0 Å². The number of aromatic nitrogens is 1. The van der Waals surface area contributed by atoms with E-state index in [0.717, 1.165) is 15.7 Å². The molecule has 0 unspecified atom stereocenters. The lowest BCUT2D eigenvalue weighted by Crippen LogP contribution is -2.04. The molecule has 1 heterocycles. The Balaban J connectivity index is 2.23. The number of carbonyl (C=O) groups is 1. The first-order valence-corrected chi connectivity index (χ1v) is 6.12.